The molecule has 1 fully saturated rings. The maximum absolute atomic E-state index is 5.49. The molecule has 2 aromatic heterocycles. The molecule has 7 nitrogen and oxygen atoms in total. The lowest BCUT2D eigenvalue weighted by atomic mass is 10.0. The molecule has 130 valence electrons. The van der Waals surface area contributed by atoms with Gasteiger partial charge in [-0.2, -0.15) is 10.1 Å². The topological polar surface area (TPSA) is 72.9 Å². The monoisotopic (exact) mass is 338 g/mol. The van der Waals surface area contributed by atoms with E-state index in [9.17, 15) is 0 Å². The van der Waals surface area contributed by atoms with Gasteiger partial charge in [-0.1, -0.05) is 41.9 Å². The molecule has 25 heavy (non-hydrogen) atoms. The van der Waals surface area contributed by atoms with Gasteiger partial charge in [0.05, 0.1) is 13.1 Å². The van der Waals surface area contributed by atoms with E-state index in [0.29, 0.717) is 24.9 Å². The smallest absolute Gasteiger partial charge is 0.240 e. The highest BCUT2D eigenvalue weighted by atomic mass is 16.5. The summed E-state index contributed by atoms with van der Waals surface area (Å²) in [5.74, 6) is 1.43. The largest absolute Gasteiger partial charge is 0.338 e. The van der Waals surface area contributed by atoms with Gasteiger partial charge in [0.2, 0.25) is 5.89 Å². The predicted molar refractivity (Wildman–Crippen MR) is 91.6 cm³/mol. The van der Waals surface area contributed by atoms with Crippen LogP contribution >= 0.6 is 0 Å². The number of hydrogen-bond donors (Lipinski definition) is 0. The summed E-state index contributed by atoms with van der Waals surface area (Å²) in [5.41, 5.74) is 1.19. The van der Waals surface area contributed by atoms with Crippen molar-refractivity contribution in [2.45, 2.75) is 44.8 Å². The fraction of sp³-hybridized carbons (Fsp3) is 0.444. The molecule has 4 rings (SSSR count). The summed E-state index contributed by atoms with van der Waals surface area (Å²) in [6.07, 6.45) is 7.67. The van der Waals surface area contributed by atoms with E-state index < -0.39 is 0 Å². The molecule has 0 unspecified atom stereocenters. The summed E-state index contributed by atoms with van der Waals surface area (Å²) in [6.45, 7) is 2.60. The Kier molecular flexibility index (Phi) is 4.83. The molecule has 0 spiro atoms. The van der Waals surface area contributed by atoms with E-state index in [1.54, 1.807) is 12.7 Å². The Balaban J connectivity index is 1.40. The normalized spacial score (nSPS) is 18.5. The standard InChI is InChI=1S/C18H22N6O/c1-2-6-15(7-3-1)10-17-21-18(25-22-17)12-23-9-5-4-8-16(23)11-24-14-19-13-20-24/h1-3,6-7,13-14,16H,4-5,8-12H2/t16-/m1/s1. The van der Waals surface area contributed by atoms with Crippen LogP contribution in [0.1, 0.15) is 36.5 Å². The SMILES string of the molecule is c1ccc(Cc2noc(CN3CCCC[C@@H]3Cn3cncn3)n2)cc1. The fourth-order valence-electron chi connectivity index (χ4n) is 3.40. The first-order valence-corrected chi connectivity index (χ1v) is 8.79. The molecular formula is C18H22N6O. The Hall–Kier alpha value is -2.54. The van der Waals surface area contributed by atoms with Crippen LogP contribution in [0.25, 0.3) is 0 Å². The highest BCUT2D eigenvalue weighted by Crippen LogP contribution is 2.20. The van der Waals surface area contributed by atoms with Gasteiger partial charge in [-0.05, 0) is 24.9 Å². The minimum atomic E-state index is 0.430. The zero-order valence-electron chi connectivity index (χ0n) is 14.2. The van der Waals surface area contributed by atoms with Crippen LogP contribution in [0.3, 0.4) is 0 Å². The third-order valence-electron chi connectivity index (χ3n) is 4.67. The van der Waals surface area contributed by atoms with E-state index in [2.05, 4.69) is 37.3 Å². The zero-order chi connectivity index (χ0) is 16.9. The molecule has 1 aliphatic heterocycles. The van der Waals surface area contributed by atoms with Gasteiger partial charge in [0.1, 0.15) is 12.7 Å². The average Bonchev–Trinajstić information content (AvgIpc) is 3.30. The van der Waals surface area contributed by atoms with E-state index in [1.165, 1.54) is 18.4 Å². The van der Waals surface area contributed by atoms with E-state index in [-0.39, 0.29) is 0 Å². The van der Waals surface area contributed by atoms with Gasteiger partial charge in [0.25, 0.3) is 0 Å². The van der Waals surface area contributed by atoms with Gasteiger partial charge >= 0.3 is 0 Å². The van der Waals surface area contributed by atoms with Gasteiger partial charge in [-0.15, -0.1) is 0 Å². The molecule has 0 amide bonds. The Bertz CT molecular complexity index is 770. The van der Waals surface area contributed by atoms with Crippen molar-refractivity contribution in [1.82, 2.24) is 29.8 Å². The van der Waals surface area contributed by atoms with Crippen LogP contribution < -0.4 is 0 Å². The van der Waals surface area contributed by atoms with E-state index >= 15 is 0 Å². The lowest BCUT2D eigenvalue weighted by Gasteiger charge is -2.34. The third-order valence-corrected chi connectivity index (χ3v) is 4.67. The lowest BCUT2D eigenvalue weighted by Crippen LogP contribution is -2.41. The van der Waals surface area contributed by atoms with Crippen LogP contribution in [0.4, 0.5) is 0 Å². The highest BCUT2D eigenvalue weighted by molar-refractivity contribution is 5.18. The first-order chi connectivity index (χ1) is 12.4. The zero-order valence-corrected chi connectivity index (χ0v) is 14.2. The molecule has 1 aromatic carbocycles. The summed E-state index contributed by atoms with van der Waals surface area (Å²) in [7, 11) is 0. The van der Waals surface area contributed by atoms with Crippen LogP contribution in [0.5, 0.6) is 0 Å². The average molecular weight is 338 g/mol. The maximum atomic E-state index is 5.49. The molecule has 1 aliphatic rings. The molecule has 7 heteroatoms. The summed E-state index contributed by atoms with van der Waals surface area (Å²) < 4.78 is 7.39. The van der Waals surface area contributed by atoms with Crippen molar-refractivity contribution in [1.29, 1.82) is 0 Å². The number of benzene rings is 1. The van der Waals surface area contributed by atoms with E-state index in [0.717, 1.165) is 25.3 Å². The Labute approximate surface area is 146 Å². The molecule has 1 saturated heterocycles. The minimum absolute atomic E-state index is 0.430. The van der Waals surface area contributed by atoms with E-state index in [1.807, 2.05) is 22.9 Å². The number of rotatable bonds is 6. The second kappa shape index (κ2) is 7.57. The summed E-state index contributed by atoms with van der Waals surface area (Å²) in [6, 6.07) is 10.7. The number of nitrogens with zero attached hydrogens (tertiary/aromatic N) is 6. The molecule has 0 aliphatic carbocycles. The van der Waals surface area contributed by atoms with Crippen molar-refractivity contribution < 1.29 is 4.52 Å². The summed E-state index contributed by atoms with van der Waals surface area (Å²) in [4.78, 5) is 11.0. The van der Waals surface area contributed by atoms with Crippen LogP contribution in [-0.2, 0) is 19.5 Å². The van der Waals surface area contributed by atoms with Crippen molar-refractivity contribution in [2.24, 2.45) is 0 Å². The number of hydrogen-bond acceptors (Lipinski definition) is 6. The second-order valence-corrected chi connectivity index (χ2v) is 6.50. The van der Waals surface area contributed by atoms with Crippen molar-refractivity contribution in [3.63, 3.8) is 0 Å². The molecule has 0 N–H and O–H groups in total. The van der Waals surface area contributed by atoms with Gasteiger partial charge in [0.15, 0.2) is 5.82 Å². The fourth-order valence-corrected chi connectivity index (χ4v) is 3.40. The van der Waals surface area contributed by atoms with Crippen molar-refractivity contribution in [3.8, 4) is 0 Å². The molecule has 3 aromatic rings. The lowest BCUT2D eigenvalue weighted by molar-refractivity contribution is 0.108. The summed E-state index contributed by atoms with van der Waals surface area (Å²) >= 11 is 0. The van der Waals surface area contributed by atoms with Crippen molar-refractivity contribution in [2.75, 3.05) is 6.54 Å². The Morgan fingerprint density at radius 2 is 2.08 bits per heavy atom. The minimum Gasteiger partial charge on any atom is -0.338 e. The van der Waals surface area contributed by atoms with Crippen LogP contribution in [0.15, 0.2) is 47.5 Å². The van der Waals surface area contributed by atoms with Gasteiger partial charge < -0.3 is 4.52 Å². The van der Waals surface area contributed by atoms with E-state index in [4.69, 9.17) is 4.52 Å². The van der Waals surface area contributed by atoms with Crippen LogP contribution in [0.2, 0.25) is 0 Å². The van der Waals surface area contributed by atoms with Gasteiger partial charge in [-0.25, -0.2) is 4.98 Å². The number of likely N-dealkylation sites (tertiary alicyclic amines) is 1. The first-order valence-electron chi connectivity index (χ1n) is 8.79. The van der Waals surface area contributed by atoms with Gasteiger partial charge in [-0.3, -0.25) is 9.58 Å². The second-order valence-electron chi connectivity index (χ2n) is 6.50. The third kappa shape index (κ3) is 4.11. The molecule has 0 radical (unpaired) electrons. The molecule has 3 heterocycles. The first kappa shape index (κ1) is 16.0. The quantitative estimate of drug-likeness (QED) is 0.687. The molecular weight excluding hydrogens is 316 g/mol. The Morgan fingerprint density at radius 1 is 1.16 bits per heavy atom. The molecule has 1 atom stereocenters. The van der Waals surface area contributed by atoms with Crippen LogP contribution in [-0.4, -0.2) is 42.4 Å². The maximum Gasteiger partial charge on any atom is 0.240 e. The molecule has 0 saturated carbocycles. The number of piperidine rings is 1. The number of aromatic nitrogens is 5. The highest BCUT2D eigenvalue weighted by Gasteiger charge is 2.25. The van der Waals surface area contributed by atoms with Crippen molar-refractivity contribution in [3.05, 3.63) is 60.3 Å². The van der Waals surface area contributed by atoms with Gasteiger partial charge in [0, 0.05) is 12.5 Å². The predicted octanol–water partition coefficient (Wildman–Crippen LogP) is 2.31. The Morgan fingerprint density at radius 3 is 2.92 bits per heavy atom. The van der Waals surface area contributed by atoms with Crippen LogP contribution in [0, 0.1) is 0 Å². The summed E-state index contributed by atoms with van der Waals surface area (Å²) in [5, 5.41) is 8.37. The molecule has 0 bridgehead atoms. The van der Waals surface area contributed by atoms with Crippen molar-refractivity contribution >= 4 is 0 Å².